The van der Waals surface area contributed by atoms with E-state index in [4.69, 9.17) is 15.2 Å². The van der Waals surface area contributed by atoms with Gasteiger partial charge < -0.3 is 15.2 Å². The Morgan fingerprint density at radius 3 is 2.53 bits per heavy atom. The molecule has 0 fully saturated rings. The first kappa shape index (κ1) is 11.3. The van der Waals surface area contributed by atoms with E-state index < -0.39 is 0 Å². The number of hydrogen-bond donors (Lipinski definition) is 1. The van der Waals surface area contributed by atoms with Gasteiger partial charge in [0.1, 0.15) is 0 Å². The molecule has 0 spiro atoms. The molecule has 4 nitrogen and oxygen atoms in total. The van der Waals surface area contributed by atoms with Crippen molar-refractivity contribution in [1.29, 1.82) is 0 Å². The molecule has 0 aliphatic carbocycles. The van der Waals surface area contributed by atoms with E-state index in [-0.39, 0.29) is 0 Å². The van der Waals surface area contributed by atoms with Crippen LogP contribution in [-0.2, 0) is 0 Å². The lowest BCUT2D eigenvalue weighted by atomic mass is 10.0. The minimum absolute atomic E-state index is 0.659. The molecular formula is C13H14N2O2. The molecule has 88 valence electrons. The molecule has 4 heteroatoms. The van der Waals surface area contributed by atoms with Crippen molar-refractivity contribution in [3.05, 3.63) is 36.7 Å². The van der Waals surface area contributed by atoms with E-state index in [1.165, 1.54) is 0 Å². The maximum absolute atomic E-state index is 5.93. The molecule has 0 atom stereocenters. The summed E-state index contributed by atoms with van der Waals surface area (Å²) in [5, 5.41) is 0. The highest BCUT2D eigenvalue weighted by molar-refractivity contribution is 5.81. The molecular weight excluding hydrogens is 216 g/mol. The zero-order valence-corrected chi connectivity index (χ0v) is 9.81. The largest absolute Gasteiger partial charge is 0.493 e. The number of pyridine rings is 1. The number of aromatic nitrogens is 1. The maximum atomic E-state index is 5.93. The van der Waals surface area contributed by atoms with Crippen LogP contribution in [-0.4, -0.2) is 19.2 Å². The molecule has 0 unspecified atom stereocenters. The fourth-order valence-electron chi connectivity index (χ4n) is 1.73. The summed E-state index contributed by atoms with van der Waals surface area (Å²) in [5.74, 6) is 1.34. The Hall–Kier alpha value is -2.23. The van der Waals surface area contributed by atoms with E-state index in [2.05, 4.69) is 4.98 Å². The van der Waals surface area contributed by atoms with Crippen LogP contribution in [0.25, 0.3) is 11.1 Å². The first-order valence-electron chi connectivity index (χ1n) is 5.18. The van der Waals surface area contributed by atoms with Crippen LogP contribution in [0.4, 0.5) is 5.69 Å². The number of hydrogen-bond acceptors (Lipinski definition) is 4. The van der Waals surface area contributed by atoms with E-state index in [1.807, 2.05) is 18.2 Å². The molecule has 2 N–H and O–H groups in total. The number of benzene rings is 1. The van der Waals surface area contributed by atoms with Gasteiger partial charge in [-0.15, -0.1) is 0 Å². The van der Waals surface area contributed by atoms with E-state index in [9.17, 15) is 0 Å². The van der Waals surface area contributed by atoms with Crippen LogP contribution in [0.5, 0.6) is 11.5 Å². The van der Waals surface area contributed by atoms with E-state index in [1.54, 1.807) is 32.7 Å². The van der Waals surface area contributed by atoms with Gasteiger partial charge in [-0.1, -0.05) is 12.1 Å². The Bertz CT molecular complexity index is 527. The third kappa shape index (κ3) is 2.01. The minimum atomic E-state index is 0.659. The van der Waals surface area contributed by atoms with Crippen molar-refractivity contribution in [1.82, 2.24) is 4.98 Å². The van der Waals surface area contributed by atoms with Gasteiger partial charge in [-0.3, -0.25) is 4.98 Å². The fraction of sp³-hybridized carbons (Fsp3) is 0.154. The minimum Gasteiger partial charge on any atom is -0.493 e. The molecule has 2 rings (SSSR count). The lowest BCUT2D eigenvalue weighted by Crippen LogP contribution is -1.96. The van der Waals surface area contributed by atoms with Crippen LogP contribution < -0.4 is 15.2 Å². The third-order valence-electron chi connectivity index (χ3n) is 2.55. The van der Waals surface area contributed by atoms with Crippen LogP contribution in [0.1, 0.15) is 0 Å². The zero-order chi connectivity index (χ0) is 12.3. The molecule has 0 radical (unpaired) electrons. The van der Waals surface area contributed by atoms with Crippen molar-refractivity contribution in [3.8, 4) is 22.6 Å². The topological polar surface area (TPSA) is 57.4 Å². The van der Waals surface area contributed by atoms with E-state index in [0.717, 1.165) is 11.1 Å². The number of ether oxygens (including phenoxy) is 2. The van der Waals surface area contributed by atoms with E-state index in [0.29, 0.717) is 17.2 Å². The summed E-state index contributed by atoms with van der Waals surface area (Å²) in [5.41, 5.74) is 8.30. The number of para-hydroxylation sites is 1. The van der Waals surface area contributed by atoms with Crippen LogP contribution in [0, 0.1) is 0 Å². The maximum Gasteiger partial charge on any atom is 0.168 e. The summed E-state index contributed by atoms with van der Waals surface area (Å²) in [4.78, 5) is 4.08. The Kier molecular flexibility index (Phi) is 3.14. The van der Waals surface area contributed by atoms with Gasteiger partial charge in [0.15, 0.2) is 11.5 Å². The van der Waals surface area contributed by atoms with E-state index >= 15 is 0 Å². The second kappa shape index (κ2) is 4.74. The van der Waals surface area contributed by atoms with Gasteiger partial charge in [0.2, 0.25) is 0 Å². The second-order valence-electron chi connectivity index (χ2n) is 3.50. The number of nitrogens with zero attached hydrogens (tertiary/aromatic N) is 1. The summed E-state index contributed by atoms with van der Waals surface area (Å²) in [7, 11) is 3.21. The van der Waals surface area contributed by atoms with Gasteiger partial charge in [-0.05, 0) is 12.1 Å². The normalized spacial score (nSPS) is 10.0. The summed E-state index contributed by atoms with van der Waals surface area (Å²) >= 11 is 0. The fourth-order valence-corrected chi connectivity index (χ4v) is 1.73. The number of nitrogen functional groups attached to an aromatic ring is 1. The summed E-state index contributed by atoms with van der Waals surface area (Å²) in [6.07, 6.45) is 3.37. The van der Waals surface area contributed by atoms with Crippen molar-refractivity contribution in [2.45, 2.75) is 0 Å². The molecule has 0 saturated carbocycles. The molecule has 0 bridgehead atoms. The van der Waals surface area contributed by atoms with Crippen molar-refractivity contribution in [2.24, 2.45) is 0 Å². The zero-order valence-electron chi connectivity index (χ0n) is 9.81. The quantitative estimate of drug-likeness (QED) is 0.879. The van der Waals surface area contributed by atoms with Crippen LogP contribution in [0.15, 0.2) is 36.7 Å². The first-order valence-corrected chi connectivity index (χ1v) is 5.18. The highest BCUT2D eigenvalue weighted by atomic mass is 16.5. The molecule has 0 aliphatic heterocycles. The average molecular weight is 230 g/mol. The van der Waals surface area contributed by atoms with Crippen LogP contribution in [0.3, 0.4) is 0 Å². The summed E-state index contributed by atoms with van der Waals surface area (Å²) < 4.78 is 10.6. The van der Waals surface area contributed by atoms with Gasteiger partial charge in [0.05, 0.1) is 14.2 Å². The number of methoxy groups -OCH3 is 2. The lowest BCUT2D eigenvalue weighted by Gasteiger charge is -2.13. The Labute approximate surface area is 100 Å². The van der Waals surface area contributed by atoms with Gasteiger partial charge in [-0.25, -0.2) is 0 Å². The molecule has 1 aromatic heterocycles. The predicted octanol–water partition coefficient (Wildman–Crippen LogP) is 2.35. The Morgan fingerprint density at radius 1 is 1.06 bits per heavy atom. The SMILES string of the molecule is COc1cccc(-c2cnccc2N)c1OC. The summed E-state index contributed by atoms with van der Waals surface area (Å²) in [6, 6.07) is 7.42. The lowest BCUT2D eigenvalue weighted by molar-refractivity contribution is 0.356. The highest BCUT2D eigenvalue weighted by Gasteiger charge is 2.13. The van der Waals surface area contributed by atoms with Crippen molar-refractivity contribution < 1.29 is 9.47 Å². The molecule has 1 heterocycles. The van der Waals surface area contributed by atoms with Crippen LogP contribution >= 0.6 is 0 Å². The second-order valence-corrected chi connectivity index (χ2v) is 3.50. The van der Waals surface area contributed by atoms with Crippen molar-refractivity contribution in [3.63, 3.8) is 0 Å². The molecule has 0 aliphatic rings. The van der Waals surface area contributed by atoms with Gasteiger partial charge in [0.25, 0.3) is 0 Å². The molecule has 2 aromatic rings. The van der Waals surface area contributed by atoms with Gasteiger partial charge in [0, 0.05) is 29.2 Å². The summed E-state index contributed by atoms with van der Waals surface area (Å²) in [6.45, 7) is 0. The number of rotatable bonds is 3. The van der Waals surface area contributed by atoms with Crippen LogP contribution in [0.2, 0.25) is 0 Å². The molecule has 1 aromatic carbocycles. The Morgan fingerprint density at radius 2 is 1.88 bits per heavy atom. The monoisotopic (exact) mass is 230 g/mol. The average Bonchev–Trinajstić information content (AvgIpc) is 2.38. The van der Waals surface area contributed by atoms with Crippen molar-refractivity contribution >= 4 is 5.69 Å². The van der Waals surface area contributed by atoms with Gasteiger partial charge >= 0.3 is 0 Å². The Balaban J connectivity index is 2.63. The molecule has 0 saturated heterocycles. The standard InChI is InChI=1S/C13H14N2O2/c1-16-12-5-3-4-9(13(12)17-2)10-8-15-7-6-11(10)14/h3-8H,1-2H3,(H2,14,15). The highest BCUT2D eigenvalue weighted by Crippen LogP contribution is 2.39. The predicted molar refractivity (Wildman–Crippen MR) is 67.2 cm³/mol. The first-order chi connectivity index (χ1) is 8.27. The molecule has 17 heavy (non-hydrogen) atoms. The number of anilines is 1. The molecule has 0 amide bonds. The van der Waals surface area contributed by atoms with Gasteiger partial charge in [-0.2, -0.15) is 0 Å². The van der Waals surface area contributed by atoms with Crippen molar-refractivity contribution in [2.75, 3.05) is 20.0 Å². The number of nitrogens with two attached hydrogens (primary N) is 1. The third-order valence-corrected chi connectivity index (χ3v) is 2.55. The smallest absolute Gasteiger partial charge is 0.168 e.